The Balaban J connectivity index is 1.47. The molecule has 5 nitrogen and oxygen atoms in total. The summed E-state index contributed by atoms with van der Waals surface area (Å²) in [4.78, 5) is 14.0. The maximum Gasteiger partial charge on any atom is 0.224 e. The normalized spacial score (nSPS) is 21.0. The molecule has 0 unspecified atom stereocenters. The molecule has 5 heteroatoms. The van der Waals surface area contributed by atoms with Crippen LogP contribution in [-0.2, 0) is 22.4 Å². The van der Waals surface area contributed by atoms with Crippen molar-refractivity contribution in [1.82, 2.24) is 10.2 Å². The Labute approximate surface area is 150 Å². The van der Waals surface area contributed by atoms with Gasteiger partial charge in [-0.05, 0) is 55.4 Å². The maximum absolute atomic E-state index is 12.1. The summed E-state index contributed by atoms with van der Waals surface area (Å²) in [6, 6.07) is 7.49. The van der Waals surface area contributed by atoms with Crippen LogP contribution in [0.4, 0.5) is 0 Å². The average molecular weight is 346 g/mol. The molecule has 1 aliphatic heterocycles. The van der Waals surface area contributed by atoms with Gasteiger partial charge >= 0.3 is 0 Å². The number of hydrogen-bond donors (Lipinski definition) is 1. The molecule has 1 aromatic rings. The van der Waals surface area contributed by atoms with Gasteiger partial charge in [-0.2, -0.15) is 0 Å². The van der Waals surface area contributed by atoms with Crippen molar-refractivity contribution in [2.75, 3.05) is 33.9 Å². The van der Waals surface area contributed by atoms with E-state index in [-0.39, 0.29) is 5.91 Å². The van der Waals surface area contributed by atoms with E-state index in [1.165, 1.54) is 17.5 Å². The van der Waals surface area contributed by atoms with Gasteiger partial charge in [-0.25, -0.2) is 0 Å². The lowest BCUT2D eigenvalue weighted by Crippen LogP contribution is -2.49. The highest BCUT2D eigenvalue weighted by atomic mass is 16.5. The first-order chi connectivity index (χ1) is 12.2. The largest absolute Gasteiger partial charge is 0.497 e. The molecule has 3 rings (SSSR count). The Bertz CT molecular complexity index is 582. The van der Waals surface area contributed by atoms with E-state index in [4.69, 9.17) is 9.47 Å². The van der Waals surface area contributed by atoms with Gasteiger partial charge in [0.05, 0.1) is 20.1 Å². The molecule has 1 atom stereocenters. The number of aryl methyl sites for hydroxylation is 1. The Morgan fingerprint density at radius 2 is 1.96 bits per heavy atom. The van der Waals surface area contributed by atoms with Gasteiger partial charge in [0, 0.05) is 32.3 Å². The molecule has 138 valence electrons. The minimum absolute atomic E-state index is 0.221. The third-order valence-electron chi connectivity index (χ3n) is 5.48. The summed E-state index contributed by atoms with van der Waals surface area (Å²) in [5, 5.41) is 3.84. The summed E-state index contributed by atoms with van der Waals surface area (Å²) >= 11 is 0. The number of likely N-dealkylation sites (tertiary alicyclic amines) is 1. The van der Waals surface area contributed by atoms with E-state index < -0.39 is 0 Å². The second kappa shape index (κ2) is 8.68. The monoisotopic (exact) mass is 346 g/mol. The van der Waals surface area contributed by atoms with Gasteiger partial charge < -0.3 is 19.7 Å². The summed E-state index contributed by atoms with van der Waals surface area (Å²) in [7, 11) is 3.36. The van der Waals surface area contributed by atoms with Gasteiger partial charge in [0.2, 0.25) is 5.91 Å². The number of carbonyl (C=O) groups excluding carboxylic acids is 1. The van der Waals surface area contributed by atoms with Crippen molar-refractivity contribution in [3.63, 3.8) is 0 Å². The van der Waals surface area contributed by atoms with Crippen LogP contribution in [0.25, 0.3) is 0 Å². The van der Waals surface area contributed by atoms with Crippen LogP contribution in [0.1, 0.15) is 36.8 Å². The van der Waals surface area contributed by atoms with E-state index in [1.807, 2.05) is 4.90 Å². The number of fused-ring (bicyclic) bond motifs is 1. The van der Waals surface area contributed by atoms with E-state index >= 15 is 0 Å². The lowest BCUT2D eigenvalue weighted by Gasteiger charge is -2.36. The molecule has 1 amide bonds. The molecule has 1 saturated heterocycles. The van der Waals surface area contributed by atoms with Crippen LogP contribution in [0.5, 0.6) is 5.75 Å². The van der Waals surface area contributed by atoms with Crippen molar-refractivity contribution < 1.29 is 14.3 Å². The fourth-order valence-corrected chi connectivity index (χ4v) is 3.98. The lowest BCUT2D eigenvalue weighted by atomic mass is 9.87. The number of nitrogens with zero attached hydrogens (tertiary/aromatic N) is 1. The smallest absolute Gasteiger partial charge is 0.224 e. The van der Waals surface area contributed by atoms with Crippen molar-refractivity contribution in [2.45, 2.75) is 50.6 Å². The third-order valence-corrected chi connectivity index (χ3v) is 5.48. The van der Waals surface area contributed by atoms with Crippen LogP contribution >= 0.6 is 0 Å². The molecule has 1 aliphatic carbocycles. The van der Waals surface area contributed by atoms with E-state index in [2.05, 4.69) is 23.5 Å². The van der Waals surface area contributed by atoms with Crippen LogP contribution in [0.2, 0.25) is 0 Å². The SMILES string of the molecule is COCCC(=O)N1CCC(N[C@@H]2CCc3ccc(OC)cc3C2)CC1. The average Bonchev–Trinajstić information content (AvgIpc) is 2.66. The Morgan fingerprint density at radius 3 is 2.68 bits per heavy atom. The Kier molecular flexibility index (Phi) is 6.32. The second-order valence-electron chi connectivity index (χ2n) is 7.14. The Morgan fingerprint density at radius 1 is 1.16 bits per heavy atom. The number of piperidine rings is 1. The number of benzene rings is 1. The number of methoxy groups -OCH3 is 2. The minimum Gasteiger partial charge on any atom is -0.497 e. The van der Waals surface area contributed by atoms with Gasteiger partial charge in [-0.3, -0.25) is 4.79 Å². The predicted molar refractivity (Wildman–Crippen MR) is 98.0 cm³/mol. The van der Waals surface area contributed by atoms with Gasteiger partial charge in [0.1, 0.15) is 5.75 Å². The zero-order chi connectivity index (χ0) is 17.6. The molecular formula is C20H30N2O3. The minimum atomic E-state index is 0.221. The zero-order valence-corrected chi connectivity index (χ0v) is 15.4. The second-order valence-corrected chi connectivity index (χ2v) is 7.14. The fraction of sp³-hybridized carbons (Fsp3) is 0.650. The standard InChI is InChI=1S/C20H30N2O3/c1-24-12-9-20(23)22-10-7-17(8-11-22)21-18-5-3-15-4-6-19(25-2)14-16(15)13-18/h4,6,14,17-18,21H,3,5,7-13H2,1-2H3/t18-/m1/s1. The van der Waals surface area contributed by atoms with Crippen LogP contribution in [0.15, 0.2) is 18.2 Å². The number of rotatable bonds is 6. The lowest BCUT2D eigenvalue weighted by molar-refractivity contribution is -0.133. The molecule has 1 N–H and O–H groups in total. The van der Waals surface area contributed by atoms with Gasteiger partial charge in [-0.15, -0.1) is 0 Å². The fourth-order valence-electron chi connectivity index (χ4n) is 3.98. The summed E-state index contributed by atoms with van der Waals surface area (Å²) in [6.45, 7) is 2.23. The molecule has 0 saturated carbocycles. The molecule has 1 aromatic carbocycles. The van der Waals surface area contributed by atoms with Crippen LogP contribution < -0.4 is 10.1 Å². The maximum atomic E-state index is 12.1. The van der Waals surface area contributed by atoms with Crippen molar-refractivity contribution in [1.29, 1.82) is 0 Å². The highest BCUT2D eigenvalue weighted by Gasteiger charge is 2.26. The van der Waals surface area contributed by atoms with Crippen molar-refractivity contribution in [3.8, 4) is 5.75 Å². The van der Waals surface area contributed by atoms with Gasteiger partial charge in [-0.1, -0.05) is 6.07 Å². The van der Waals surface area contributed by atoms with E-state index in [0.717, 1.165) is 44.5 Å². The van der Waals surface area contributed by atoms with Crippen LogP contribution in [0, 0.1) is 0 Å². The highest BCUT2D eigenvalue weighted by Crippen LogP contribution is 2.26. The van der Waals surface area contributed by atoms with Crippen molar-refractivity contribution >= 4 is 5.91 Å². The van der Waals surface area contributed by atoms with Gasteiger partial charge in [0.15, 0.2) is 0 Å². The molecule has 0 spiro atoms. The van der Waals surface area contributed by atoms with E-state index in [9.17, 15) is 4.79 Å². The first-order valence-electron chi connectivity index (χ1n) is 9.38. The zero-order valence-electron chi connectivity index (χ0n) is 15.4. The summed E-state index contributed by atoms with van der Waals surface area (Å²) in [5.74, 6) is 1.17. The molecule has 2 aliphatic rings. The molecule has 1 heterocycles. The van der Waals surface area contributed by atoms with Crippen LogP contribution in [-0.4, -0.2) is 56.8 Å². The number of nitrogens with one attached hydrogen (secondary N) is 1. The molecule has 0 aromatic heterocycles. The molecule has 25 heavy (non-hydrogen) atoms. The van der Waals surface area contributed by atoms with Crippen LogP contribution in [0.3, 0.4) is 0 Å². The number of hydrogen-bond acceptors (Lipinski definition) is 4. The topological polar surface area (TPSA) is 50.8 Å². The van der Waals surface area contributed by atoms with Gasteiger partial charge in [0.25, 0.3) is 0 Å². The molecule has 0 radical (unpaired) electrons. The summed E-state index contributed by atoms with van der Waals surface area (Å²) in [6.07, 6.45) is 5.97. The summed E-state index contributed by atoms with van der Waals surface area (Å²) < 4.78 is 10.4. The first kappa shape index (κ1) is 18.2. The molecule has 0 bridgehead atoms. The predicted octanol–water partition coefficient (Wildman–Crippen LogP) is 2.17. The third kappa shape index (κ3) is 4.73. The number of amides is 1. The Hall–Kier alpha value is -1.59. The van der Waals surface area contributed by atoms with E-state index in [0.29, 0.717) is 25.1 Å². The number of ether oxygens (including phenoxy) is 2. The van der Waals surface area contributed by atoms with Crippen molar-refractivity contribution in [3.05, 3.63) is 29.3 Å². The summed E-state index contributed by atoms with van der Waals surface area (Å²) in [5.41, 5.74) is 2.87. The van der Waals surface area contributed by atoms with Crippen molar-refractivity contribution in [2.24, 2.45) is 0 Å². The molecule has 1 fully saturated rings. The molecular weight excluding hydrogens is 316 g/mol. The number of carbonyl (C=O) groups is 1. The first-order valence-corrected chi connectivity index (χ1v) is 9.38. The highest BCUT2D eigenvalue weighted by molar-refractivity contribution is 5.76. The van der Waals surface area contributed by atoms with E-state index in [1.54, 1.807) is 14.2 Å². The quantitative estimate of drug-likeness (QED) is 0.858.